The third-order valence-electron chi connectivity index (χ3n) is 4.04. The van der Waals surface area contributed by atoms with Gasteiger partial charge in [0.05, 0.1) is 18.3 Å². The third-order valence-corrected chi connectivity index (χ3v) is 5.36. The number of benzene rings is 1. The molecule has 8 nitrogen and oxygen atoms in total. The Labute approximate surface area is 209 Å². The number of halogens is 1. The van der Waals surface area contributed by atoms with Gasteiger partial charge in [0.2, 0.25) is 5.91 Å². The number of nitrogens with zero attached hydrogens (tertiary/aromatic N) is 2. The van der Waals surface area contributed by atoms with E-state index in [-0.39, 0.29) is 48.4 Å². The molecule has 172 valence electrons. The summed E-state index contributed by atoms with van der Waals surface area (Å²) in [7, 11) is 0. The fourth-order valence-electron chi connectivity index (χ4n) is 2.61. The molecule has 0 saturated carbocycles. The van der Waals surface area contributed by atoms with Gasteiger partial charge >= 0.3 is 5.97 Å². The quantitative estimate of drug-likeness (QED) is 0.148. The predicted molar refractivity (Wildman–Crippen MR) is 139 cm³/mol. The lowest BCUT2D eigenvalue weighted by atomic mass is 10.2. The second-order valence-corrected chi connectivity index (χ2v) is 7.55. The molecule has 0 saturated heterocycles. The van der Waals surface area contributed by atoms with Gasteiger partial charge in [0, 0.05) is 17.8 Å². The molecular formula is C22H28IN5O3S. The van der Waals surface area contributed by atoms with Gasteiger partial charge in [-0.25, -0.2) is 14.8 Å². The largest absolute Gasteiger partial charge is 0.462 e. The number of aromatic nitrogens is 1. The lowest BCUT2D eigenvalue weighted by Gasteiger charge is -2.16. The Balaban J connectivity index is 0.00000512. The van der Waals surface area contributed by atoms with E-state index in [1.165, 1.54) is 11.3 Å². The van der Waals surface area contributed by atoms with Crippen LogP contribution in [0.1, 0.15) is 52.7 Å². The maximum atomic E-state index is 12.3. The summed E-state index contributed by atoms with van der Waals surface area (Å²) in [5, 5.41) is 9.81. The molecule has 1 heterocycles. The van der Waals surface area contributed by atoms with Crippen molar-refractivity contribution in [1.82, 2.24) is 15.6 Å². The highest BCUT2D eigenvalue weighted by Gasteiger charge is 2.20. The monoisotopic (exact) mass is 569 g/mol. The van der Waals surface area contributed by atoms with Gasteiger partial charge in [-0.2, -0.15) is 0 Å². The van der Waals surface area contributed by atoms with Crippen molar-refractivity contribution in [1.29, 1.82) is 0 Å². The van der Waals surface area contributed by atoms with Crippen LogP contribution in [-0.4, -0.2) is 42.5 Å². The van der Waals surface area contributed by atoms with Crippen LogP contribution in [0.2, 0.25) is 0 Å². The van der Waals surface area contributed by atoms with Gasteiger partial charge in [0.15, 0.2) is 5.96 Å². The summed E-state index contributed by atoms with van der Waals surface area (Å²) < 4.78 is 5.07. The number of ether oxygens (including phenoxy) is 1. The summed E-state index contributed by atoms with van der Waals surface area (Å²) in [5.74, 6) is 2.35. The van der Waals surface area contributed by atoms with Gasteiger partial charge in [-0.15, -0.1) is 41.7 Å². The Hall–Kier alpha value is -2.65. The number of rotatable bonds is 8. The average molecular weight is 569 g/mol. The van der Waals surface area contributed by atoms with Gasteiger partial charge in [-0.05, 0) is 45.9 Å². The van der Waals surface area contributed by atoms with Crippen molar-refractivity contribution in [2.45, 2.75) is 33.7 Å². The van der Waals surface area contributed by atoms with E-state index in [0.29, 0.717) is 40.9 Å². The number of nitrogens with one attached hydrogen (secondary N) is 3. The Bertz CT molecular complexity index is 1000. The van der Waals surface area contributed by atoms with Crippen molar-refractivity contribution in [3.05, 3.63) is 45.4 Å². The van der Waals surface area contributed by atoms with Gasteiger partial charge in [-0.1, -0.05) is 12.0 Å². The fourth-order valence-corrected chi connectivity index (χ4v) is 3.58. The van der Waals surface area contributed by atoms with Crippen LogP contribution in [-0.2, 0) is 9.53 Å². The fraction of sp³-hybridized carbons (Fsp3) is 0.364. The van der Waals surface area contributed by atoms with Crippen molar-refractivity contribution in [3.63, 3.8) is 0 Å². The first-order valence-corrected chi connectivity index (χ1v) is 10.7. The number of thiazole rings is 1. The minimum Gasteiger partial charge on any atom is -0.462 e. The molecule has 32 heavy (non-hydrogen) atoms. The number of terminal acetylenes is 1. The summed E-state index contributed by atoms with van der Waals surface area (Å²) in [6.45, 7) is 8.23. The first-order valence-electron chi connectivity index (χ1n) is 9.93. The minimum absolute atomic E-state index is 0. The molecule has 1 atom stereocenters. The van der Waals surface area contributed by atoms with Gasteiger partial charge < -0.3 is 20.7 Å². The van der Waals surface area contributed by atoms with Crippen LogP contribution in [0, 0.1) is 19.3 Å². The molecule has 0 aliphatic rings. The predicted octanol–water partition coefficient (Wildman–Crippen LogP) is 3.48. The molecule has 0 spiro atoms. The zero-order chi connectivity index (χ0) is 22.8. The third kappa shape index (κ3) is 8.12. The molecule has 1 aromatic carbocycles. The summed E-state index contributed by atoms with van der Waals surface area (Å²) >= 11 is 1.28. The van der Waals surface area contributed by atoms with Crippen molar-refractivity contribution in [3.8, 4) is 12.3 Å². The topological polar surface area (TPSA) is 105 Å². The zero-order valence-electron chi connectivity index (χ0n) is 18.5. The Morgan fingerprint density at radius 3 is 2.75 bits per heavy atom. The molecule has 1 unspecified atom stereocenters. The number of amides is 1. The Morgan fingerprint density at radius 1 is 1.34 bits per heavy atom. The van der Waals surface area contributed by atoms with Crippen molar-refractivity contribution >= 4 is 58.8 Å². The van der Waals surface area contributed by atoms with Crippen molar-refractivity contribution in [2.75, 3.05) is 25.0 Å². The molecule has 0 radical (unpaired) electrons. The summed E-state index contributed by atoms with van der Waals surface area (Å²) in [6.07, 6.45) is 5.39. The number of aryl methyl sites for hydroxylation is 1. The van der Waals surface area contributed by atoms with Gasteiger partial charge in [0.25, 0.3) is 0 Å². The molecule has 3 N–H and O–H groups in total. The SMILES string of the molecule is C#Cc1cccc(NC(=O)CN=C(NCC)NC(C)c2nc(C)c(C(=O)OCC)s2)c1.I. The number of anilines is 1. The first kappa shape index (κ1) is 27.4. The highest BCUT2D eigenvalue weighted by molar-refractivity contribution is 14.0. The molecule has 0 fully saturated rings. The zero-order valence-corrected chi connectivity index (χ0v) is 21.7. The number of hydrogen-bond acceptors (Lipinski definition) is 6. The Morgan fingerprint density at radius 2 is 2.09 bits per heavy atom. The maximum absolute atomic E-state index is 12.3. The van der Waals surface area contributed by atoms with Crippen LogP contribution in [0.5, 0.6) is 0 Å². The van der Waals surface area contributed by atoms with E-state index >= 15 is 0 Å². The van der Waals surface area contributed by atoms with Gasteiger partial charge in [0.1, 0.15) is 16.4 Å². The normalized spacial score (nSPS) is 11.5. The van der Waals surface area contributed by atoms with Crippen LogP contribution >= 0.6 is 35.3 Å². The molecule has 2 aromatic rings. The van der Waals surface area contributed by atoms with E-state index in [4.69, 9.17) is 11.2 Å². The molecule has 0 aliphatic carbocycles. The smallest absolute Gasteiger partial charge is 0.350 e. The van der Waals surface area contributed by atoms with E-state index in [9.17, 15) is 9.59 Å². The number of carbonyl (C=O) groups excluding carboxylic acids is 2. The number of hydrogen-bond donors (Lipinski definition) is 3. The number of esters is 1. The molecular weight excluding hydrogens is 541 g/mol. The Kier molecular flexibility index (Phi) is 11.7. The molecule has 2 rings (SSSR count). The van der Waals surface area contributed by atoms with Crippen LogP contribution in [0.3, 0.4) is 0 Å². The summed E-state index contributed by atoms with van der Waals surface area (Å²) in [5.41, 5.74) is 1.93. The molecule has 1 aromatic heterocycles. The highest BCUT2D eigenvalue weighted by Crippen LogP contribution is 2.24. The second-order valence-electron chi connectivity index (χ2n) is 6.52. The van der Waals surface area contributed by atoms with Crippen LogP contribution in [0.15, 0.2) is 29.3 Å². The maximum Gasteiger partial charge on any atom is 0.350 e. The van der Waals surface area contributed by atoms with E-state index in [1.807, 2.05) is 13.8 Å². The van der Waals surface area contributed by atoms with Gasteiger partial charge in [-0.3, -0.25) is 4.79 Å². The summed E-state index contributed by atoms with van der Waals surface area (Å²) in [4.78, 5) is 33.6. The van der Waals surface area contributed by atoms with E-state index in [2.05, 4.69) is 31.8 Å². The number of guanidine groups is 1. The van der Waals surface area contributed by atoms with E-state index < -0.39 is 0 Å². The van der Waals surface area contributed by atoms with E-state index in [0.717, 1.165) is 5.01 Å². The van der Waals surface area contributed by atoms with Crippen LogP contribution < -0.4 is 16.0 Å². The lowest BCUT2D eigenvalue weighted by Crippen LogP contribution is -2.39. The molecule has 1 amide bonds. The standard InChI is InChI=1S/C22H27N5O3S.HI/c1-6-16-10-9-11-17(12-16)27-18(28)13-24-22(23-7-2)26-15(5)20-25-14(4)19(31-20)21(29)30-8-3;/h1,9-12,15H,7-8,13H2,2-5H3,(H,27,28)(H2,23,24,26);1H. The highest BCUT2D eigenvalue weighted by atomic mass is 127. The first-order chi connectivity index (χ1) is 14.9. The molecule has 0 aliphatic heterocycles. The molecule has 10 heteroatoms. The summed E-state index contributed by atoms with van der Waals surface area (Å²) in [6, 6.07) is 6.83. The van der Waals surface area contributed by atoms with Crippen LogP contribution in [0.25, 0.3) is 0 Å². The lowest BCUT2D eigenvalue weighted by molar-refractivity contribution is -0.114. The van der Waals surface area contributed by atoms with Crippen molar-refractivity contribution in [2.24, 2.45) is 4.99 Å². The minimum atomic E-state index is -0.373. The van der Waals surface area contributed by atoms with Crippen molar-refractivity contribution < 1.29 is 14.3 Å². The second kappa shape index (κ2) is 13.7. The average Bonchev–Trinajstić information content (AvgIpc) is 3.14. The molecule has 0 bridgehead atoms. The number of aliphatic imine (C=N–C) groups is 1. The number of carbonyl (C=O) groups is 2. The van der Waals surface area contributed by atoms with E-state index in [1.54, 1.807) is 38.1 Å². The van der Waals surface area contributed by atoms with Crippen LogP contribution in [0.4, 0.5) is 5.69 Å².